The molecule has 1 aromatic carbocycles. The molecule has 1 aromatic rings. The molecule has 0 atom stereocenters. The van der Waals surface area contributed by atoms with Crippen LogP contribution in [-0.4, -0.2) is 18.3 Å². The van der Waals surface area contributed by atoms with Gasteiger partial charge >= 0.3 is 6.18 Å². The summed E-state index contributed by atoms with van der Waals surface area (Å²) < 4.78 is 50.1. The van der Waals surface area contributed by atoms with Crippen molar-refractivity contribution >= 4 is 0 Å². The standard InChI is InChI=1S/C11H13F4NO/c12-10-3-2-8(7-16-4-1-5-17)6-9(10)11(13,14)15/h2-3,6,16-17H,1,4-5,7H2. The average Bonchev–Trinajstić information content (AvgIpc) is 2.25. The van der Waals surface area contributed by atoms with E-state index in [-0.39, 0.29) is 13.2 Å². The third kappa shape index (κ3) is 4.32. The van der Waals surface area contributed by atoms with Crippen LogP contribution < -0.4 is 5.32 Å². The molecule has 0 aliphatic carbocycles. The third-order valence-electron chi connectivity index (χ3n) is 2.18. The molecular formula is C11H13F4NO. The van der Waals surface area contributed by atoms with E-state index in [1.807, 2.05) is 0 Å². The van der Waals surface area contributed by atoms with Crippen molar-refractivity contribution in [2.45, 2.75) is 19.1 Å². The van der Waals surface area contributed by atoms with Gasteiger partial charge in [-0.3, -0.25) is 0 Å². The predicted molar refractivity (Wildman–Crippen MR) is 54.8 cm³/mol. The van der Waals surface area contributed by atoms with Crippen molar-refractivity contribution in [3.05, 3.63) is 35.1 Å². The molecule has 0 heterocycles. The van der Waals surface area contributed by atoms with Gasteiger partial charge in [0.25, 0.3) is 0 Å². The summed E-state index contributed by atoms with van der Waals surface area (Å²) in [4.78, 5) is 0. The molecule has 0 spiro atoms. The molecule has 0 radical (unpaired) electrons. The average molecular weight is 251 g/mol. The van der Waals surface area contributed by atoms with E-state index in [4.69, 9.17) is 5.11 Å². The number of rotatable bonds is 5. The fourth-order valence-corrected chi connectivity index (χ4v) is 1.34. The fraction of sp³-hybridized carbons (Fsp3) is 0.455. The Morgan fingerprint density at radius 2 is 1.94 bits per heavy atom. The number of hydrogen-bond donors (Lipinski definition) is 2. The molecule has 6 heteroatoms. The van der Waals surface area contributed by atoms with E-state index < -0.39 is 17.6 Å². The summed E-state index contributed by atoms with van der Waals surface area (Å²) in [6.07, 6.45) is -4.15. The Morgan fingerprint density at radius 1 is 1.24 bits per heavy atom. The Kier molecular flexibility index (Phi) is 4.89. The minimum absolute atomic E-state index is 0.0181. The van der Waals surface area contributed by atoms with Gasteiger partial charge in [-0.15, -0.1) is 0 Å². The maximum Gasteiger partial charge on any atom is 0.419 e. The predicted octanol–water partition coefficient (Wildman–Crippen LogP) is 2.32. The molecule has 0 fully saturated rings. The molecule has 0 bridgehead atoms. The lowest BCUT2D eigenvalue weighted by Crippen LogP contribution is -2.17. The summed E-state index contributed by atoms with van der Waals surface area (Å²) in [5.74, 6) is -1.27. The Morgan fingerprint density at radius 3 is 2.53 bits per heavy atom. The maximum absolute atomic E-state index is 12.9. The van der Waals surface area contributed by atoms with E-state index in [0.29, 0.717) is 18.5 Å². The van der Waals surface area contributed by atoms with Crippen LogP contribution in [0.2, 0.25) is 0 Å². The largest absolute Gasteiger partial charge is 0.419 e. The number of halogens is 4. The van der Waals surface area contributed by atoms with Crippen LogP contribution in [0.25, 0.3) is 0 Å². The molecule has 96 valence electrons. The second-order valence-electron chi connectivity index (χ2n) is 3.57. The molecule has 0 aliphatic heterocycles. The lowest BCUT2D eigenvalue weighted by Gasteiger charge is -2.10. The molecule has 0 saturated carbocycles. The number of aliphatic hydroxyl groups excluding tert-OH is 1. The molecule has 0 aliphatic rings. The number of alkyl halides is 3. The highest BCUT2D eigenvalue weighted by molar-refractivity contribution is 5.27. The van der Waals surface area contributed by atoms with Gasteiger partial charge in [0.1, 0.15) is 5.82 Å². The van der Waals surface area contributed by atoms with E-state index in [2.05, 4.69) is 5.32 Å². The molecule has 0 saturated heterocycles. The molecule has 0 aromatic heterocycles. The van der Waals surface area contributed by atoms with E-state index in [1.165, 1.54) is 6.07 Å². The van der Waals surface area contributed by atoms with Gasteiger partial charge in [0.2, 0.25) is 0 Å². The van der Waals surface area contributed by atoms with Crippen LogP contribution in [0.3, 0.4) is 0 Å². The van der Waals surface area contributed by atoms with Crippen molar-refractivity contribution in [2.75, 3.05) is 13.2 Å². The van der Waals surface area contributed by atoms with Crippen molar-refractivity contribution < 1.29 is 22.7 Å². The first kappa shape index (κ1) is 13.9. The van der Waals surface area contributed by atoms with Crippen LogP contribution in [0.4, 0.5) is 17.6 Å². The highest BCUT2D eigenvalue weighted by atomic mass is 19.4. The monoisotopic (exact) mass is 251 g/mol. The first-order valence-electron chi connectivity index (χ1n) is 5.12. The zero-order valence-corrected chi connectivity index (χ0v) is 9.02. The van der Waals surface area contributed by atoms with E-state index >= 15 is 0 Å². The van der Waals surface area contributed by atoms with E-state index in [0.717, 1.165) is 12.1 Å². The summed E-state index contributed by atoms with van der Waals surface area (Å²) >= 11 is 0. The minimum Gasteiger partial charge on any atom is -0.396 e. The van der Waals surface area contributed by atoms with Crippen molar-refractivity contribution in [1.29, 1.82) is 0 Å². The molecule has 1 rings (SSSR count). The zero-order chi connectivity index (χ0) is 12.9. The van der Waals surface area contributed by atoms with Gasteiger partial charge in [-0.05, 0) is 30.7 Å². The van der Waals surface area contributed by atoms with Gasteiger partial charge in [-0.1, -0.05) is 6.07 Å². The van der Waals surface area contributed by atoms with Crippen molar-refractivity contribution in [3.63, 3.8) is 0 Å². The number of hydrogen-bond acceptors (Lipinski definition) is 2. The molecule has 2 N–H and O–H groups in total. The summed E-state index contributed by atoms with van der Waals surface area (Å²) in [6, 6.07) is 2.91. The molecule has 0 unspecified atom stereocenters. The van der Waals surface area contributed by atoms with Crippen LogP contribution in [0.15, 0.2) is 18.2 Å². The zero-order valence-electron chi connectivity index (χ0n) is 9.02. The summed E-state index contributed by atoms with van der Waals surface area (Å²) in [7, 11) is 0. The van der Waals surface area contributed by atoms with Gasteiger partial charge in [0.15, 0.2) is 0 Å². The number of benzene rings is 1. The quantitative estimate of drug-likeness (QED) is 0.621. The lowest BCUT2D eigenvalue weighted by atomic mass is 10.1. The molecule has 2 nitrogen and oxygen atoms in total. The van der Waals surface area contributed by atoms with Crippen LogP contribution in [0.1, 0.15) is 17.5 Å². The van der Waals surface area contributed by atoms with Crippen LogP contribution in [-0.2, 0) is 12.7 Å². The summed E-state index contributed by atoms with van der Waals surface area (Å²) in [5.41, 5.74) is -0.893. The normalized spacial score (nSPS) is 11.8. The molecule has 17 heavy (non-hydrogen) atoms. The molecular weight excluding hydrogens is 238 g/mol. The van der Waals surface area contributed by atoms with Crippen molar-refractivity contribution in [2.24, 2.45) is 0 Å². The smallest absolute Gasteiger partial charge is 0.396 e. The van der Waals surface area contributed by atoms with Crippen LogP contribution >= 0.6 is 0 Å². The maximum atomic E-state index is 12.9. The SMILES string of the molecule is OCCCNCc1ccc(F)c(C(F)(F)F)c1. The van der Waals surface area contributed by atoms with Crippen molar-refractivity contribution in [1.82, 2.24) is 5.32 Å². The molecule has 0 amide bonds. The summed E-state index contributed by atoms with van der Waals surface area (Å²) in [5, 5.41) is 11.4. The fourth-order valence-electron chi connectivity index (χ4n) is 1.34. The Labute approximate surface area is 96.3 Å². The van der Waals surface area contributed by atoms with E-state index in [1.54, 1.807) is 0 Å². The Bertz CT molecular complexity index is 365. The van der Waals surface area contributed by atoms with Gasteiger partial charge in [-0.25, -0.2) is 4.39 Å². The second-order valence-corrected chi connectivity index (χ2v) is 3.57. The number of aliphatic hydroxyl groups is 1. The van der Waals surface area contributed by atoms with E-state index in [9.17, 15) is 17.6 Å². The Balaban J connectivity index is 2.69. The van der Waals surface area contributed by atoms with Gasteiger partial charge in [0, 0.05) is 13.2 Å². The van der Waals surface area contributed by atoms with Crippen LogP contribution in [0.5, 0.6) is 0 Å². The van der Waals surface area contributed by atoms with Gasteiger partial charge < -0.3 is 10.4 Å². The lowest BCUT2D eigenvalue weighted by molar-refractivity contribution is -0.140. The van der Waals surface area contributed by atoms with Crippen molar-refractivity contribution in [3.8, 4) is 0 Å². The third-order valence-corrected chi connectivity index (χ3v) is 2.18. The Hall–Kier alpha value is -1.14. The highest BCUT2D eigenvalue weighted by Crippen LogP contribution is 2.31. The summed E-state index contributed by atoms with van der Waals surface area (Å²) in [6.45, 7) is 0.725. The first-order valence-corrected chi connectivity index (χ1v) is 5.12. The number of nitrogens with one attached hydrogen (secondary N) is 1. The van der Waals surface area contributed by atoms with Gasteiger partial charge in [0.05, 0.1) is 5.56 Å². The second kappa shape index (κ2) is 5.97. The first-order chi connectivity index (χ1) is 7.95. The topological polar surface area (TPSA) is 32.3 Å². The highest BCUT2D eigenvalue weighted by Gasteiger charge is 2.34. The van der Waals surface area contributed by atoms with Crippen LogP contribution in [0, 0.1) is 5.82 Å². The van der Waals surface area contributed by atoms with Gasteiger partial charge in [-0.2, -0.15) is 13.2 Å². The minimum atomic E-state index is -4.68.